The van der Waals surface area contributed by atoms with Gasteiger partial charge in [-0.3, -0.25) is 9.69 Å². The molecule has 8 heteroatoms. The number of aliphatic hydroxyl groups excluding tert-OH is 1. The first kappa shape index (κ1) is 20.2. The molecule has 8 nitrogen and oxygen atoms in total. The number of nitrogen functional groups attached to an aromatic ring is 1. The maximum absolute atomic E-state index is 12.4. The van der Waals surface area contributed by atoms with Crippen LogP contribution in [-0.4, -0.2) is 59.6 Å². The van der Waals surface area contributed by atoms with E-state index in [1.54, 1.807) is 21.0 Å². The molecule has 0 amide bonds. The van der Waals surface area contributed by atoms with Crippen LogP contribution in [0.4, 0.5) is 11.4 Å². The van der Waals surface area contributed by atoms with Crippen molar-refractivity contribution in [1.29, 1.82) is 0 Å². The van der Waals surface area contributed by atoms with Crippen molar-refractivity contribution in [1.82, 2.24) is 14.7 Å². The lowest BCUT2D eigenvalue weighted by Crippen LogP contribution is -2.47. The summed E-state index contributed by atoms with van der Waals surface area (Å²) in [5.41, 5.74) is 7.90. The van der Waals surface area contributed by atoms with E-state index in [4.69, 9.17) is 10.5 Å². The molecule has 0 spiro atoms. The van der Waals surface area contributed by atoms with Gasteiger partial charge in [-0.15, -0.1) is 0 Å². The van der Waals surface area contributed by atoms with Gasteiger partial charge >= 0.3 is 0 Å². The van der Waals surface area contributed by atoms with E-state index in [-0.39, 0.29) is 11.2 Å². The van der Waals surface area contributed by atoms with Crippen LogP contribution in [0, 0.1) is 6.92 Å². The van der Waals surface area contributed by atoms with E-state index < -0.39 is 6.10 Å². The molecule has 1 fully saturated rings. The minimum Gasteiger partial charge on any atom is -0.497 e. The molecule has 0 saturated carbocycles. The lowest BCUT2D eigenvalue weighted by molar-refractivity contribution is 0.197. The Kier molecular flexibility index (Phi) is 6.21. The summed E-state index contributed by atoms with van der Waals surface area (Å²) in [5.74, 6) is 0.858. The van der Waals surface area contributed by atoms with Crippen molar-refractivity contribution >= 4 is 11.4 Å². The Bertz CT molecular complexity index is 855. The summed E-state index contributed by atoms with van der Waals surface area (Å²) >= 11 is 0. The molecule has 0 bridgehead atoms. The lowest BCUT2D eigenvalue weighted by atomic mass is 10.1. The summed E-state index contributed by atoms with van der Waals surface area (Å²) in [6, 6.07) is 8.10. The third-order valence-corrected chi connectivity index (χ3v) is 5.27. The van der Waals surface area contributed by atoms with E-state index in [1.807, 2.05) is 12.1 Å². The number of methoxy groups -OCH3 is 1. The summed E-state index contributed by atoms with van der Waals surface area (Å²) in [6.45, 7) is 8.26. The van der Waals surface area contributed by atoms with Crippen LogP contribution in [0.1, 0.15) is 24.3 Å². The topological polar surface area (TPSA) is 96.8 Å². The van der Waals surface area contributed by atoms with Gasteiger partial charge in [-0.2, -0.15) is 5.10 Å². The number of anilines is 2. The van der Waals surface area contributed by atoms with E-state index in [9.17, 15) is 9.90 Å². The standard InChI is InChI=1S/C20H29N5O3/c1-14-18(15(2)26)19(21)20(27)25(22-14)13-10-23-8-11-24(12-9-23)16-4-6-17(28-3)7-5-16/h4-7,15,26H,8-13,21H2,1-3H3. The predicted octanol–water partition coefficient (Wildman–Crippen LogP) is 1.02. The molecule has 3 rings (SSSR count). The third kappa shape index (κ3) is 4.28. The van der Waals surface area contributed by atoms with Crippen LogP contribution in [0.2, 0.25) is 0 Å². The van der Waals surface area contributed by atoms with Crippen molar-refractivity contribution in [3.63, 3.8) is 0 Å². The van der Waals surface area contributed by atoms with Gasteiger partial charge in [-0.05, 0) is 38.1 Å². The minimum atomic E-state index is -0.805. The van der Waals surface area contributed by atoms with Gasteiger partial charge in [-0.1, -0.05) is 0 Å². The van der Waals surface area contributed by atoms with Crippen molar-refractivity contribution in [3.05, 3.63) is 45.9 Å². The van der Waals surface area contributed by atoms with Gasteiger partial charge in [0.25, 0.3) is 5.56 Å². The highest BCUT2D eigenvalue weighted by molar-refractivity contribution is 5.49. The second-order valence-corrected chi connectivity index (χ2v) is 7.14. The molecule has 152 valence electrons. The van der Waals surface area contributed by atoms with Crippen LogP contribution in [0.25, 0.3) is 0 Å². The second kappa shape index (κ2) is 8.62. The average molecular weight is 387 g/mol. The number of rotatable bonds is 6. The van der Waals surface area contributed by atoms with E-state index >= 15 is 0 Å². The number of ether oxygens (including phenoxy) is 1. The quantitative estimate of drug-likeness (QED) is 0.764. The third-order valence-electron chi connectivity index (χ3n) is 5.27. The molecule has 0 radical (unpaired) electrons. The average Bonchev–Trinajstić information content (AvgIpc) is 2.70. The van der Waals surface area contributed by atoms with Crippen molar-refractivity contribution in [2.45, 2.75) is 26.5 Å². The minimum absolute atomic E-state index is 0.0897. The Morgan fingerprint density at radius 3 is 2.39 bits per heavy atom. The molecular formula is C20H29N5O3. The molecule has 2 heterocycles. The largest absolute Gasteiger partial charge is 0.497 e. The van der Waals surface area contributed by atoms with Gasteiger partial charge in [-0.25, -0.2) is 4.68 Å². The molecule has 1 aromatic carbocycles. The zero-order valence-corrected chi connectivity index (χ0v) is 16.8. The van der Waals surface area contributed by atoms with Crippen LogP contribution >= 0.6 is 0 Å². The van der Waals surface area contributed by atoms with Gasteiger partial charge in [0.2, 0.25) is 0 Å². The van der Waals surface area contributed by atoms with E-state index in [1.165, 1.54) is 10.4 Å². The summed E-state index contributed by atoms with van der Waals surface area (Å²) < 4.78 is 6.62. The molecule has 1 atom stereocenters. The number of benzene rings is 1. The number of aliphatic hydroxyl groups is 1. The van der Waals surface area contributed by atoms with Crippen LogP contribution < -0.4 is 20.9 Å². The number of hydrogen-bond acceptors (Lipinski definition) is 7. The van der Waals surface area contributed by atoms with Crippen LogP contribution in [0.15, 0.2) is 29.1 Å². The maximum Gasteiger partial charge on any atom is 0.290 e. The lowest BCUT2D eigenvalue weighted by Gasteiger charge is -2.36. The van der Waals surface area contributed by atoms with Gasteiger partial charge in [0.05, 0.1) is 25.5 Å². The van der Waals surface area contributed by atoms with Crippen LogP contribution in [-0.2, 0) is 6.54 Å². The van der Waals surface area contributed by atoms with Crippen LogP contribution in [0.5, 0.6) is 5.75 Å². The monoisotopic (exact) mass is 387 g/mol. The summed E-state index contributed by atoms with van der Waals surface area (Å²) in [6.07, 6.45) is -0.805. The summed E-state index contributed by atoms with van der Waals surface area (Å²) in [7, 11) is 1.67. The van der Waals surface area contributed by atoms with Gasteiger partial charge in [0.15, 0.2) is 0 Å². The Balaban J connectivity index is 1.58. The SMILES string of the molecule is COc1ccc(N2CCN(CCn3nc(C)c(C(C)O)c(N)c3=O)CC2)cc1. The Hall–Kier alpha value is -2.58. The maximum atomic E-state index is 12.4. The Labute approximate surface area is 165 Å². The number of piperazine rings is 1. The number of hydrogen-bond donors (Lipinski definition) is 2. The number of nitrogens with two attached hydrogens (primary N) is 1. The molecule has 2 aromatic rings. The highest BCUT2D eigenvalue weighted by Crippen LogP contribution is 2.21. The van der Waals surface area contributed by atoms with Gasteiger partial charge in [0, 0.05) is 44.0 Å². The highest BCUT2D eigenvalue weighted by atomic mass is 16.5. The summed E-state index contributed by atoms with van der Waals surface area (Å²) in [4.78, 5) is 17.1. The number of aromatic nitrogens is 2. The zero-order valence-electron chi connectivity index (χ0n) is 16.8. The first-order valence-corrected chi connectivity index (χ1v) is 9.57. The van der Waals surface area contributed by atoms with E-state index in [0.29, 0.717) is 17.8 Å². The Morgan fingerprint density at radius 1 is 1.18 bits per heavy atom. The first-order chi connectivity index (χ1) is 13.4. The number of nitrogens with zero attached hydrogens (tertiary/aromatic N) is 4. The van der Waals surface area contributed by atoms with Crippen molar-refractivity contribution in [3.8, 4) is 5.75 Å². The fourth-order valence-corrected chi connectivity index (χ4v) is 3.67. The van der Waals surface area contributed by atoms with Gasteiger partial charge in [0.1, 0.15) is 11.4 Å². The molecule has 1 saturated heterocycles. The fraction of sp³-hybridized carbons (Fsp3) is 0.500. The molecule has 3 N–H and O–H groups in total. The highest BCUT2D eigenvalue weighted by Gasteiger charge is 2.19. The first-order valence-electron chi connectivity index (χ1n) is 9.57. The smallest absolute Gasteiger partial charge is 0.290 e. The number of aryl methyl sites for hydroxylation is 1. The molecule has 1 aromatic heterocycles. The molecule has 1 aliphatic heterocycles. The van der Waals surface area contributed by atoms with Gasteiger partial charge < -0.3 is 20.5 Å². The van der Waals surface area contributed by atoms with E-state index in [0.717, 1.165) is 38.5 Å². The predicted molar refractivity (Wildman–Crippen MR) is 110 cm³/mol. The molecular weight excluding hydrogens is 358 g/mol. The van der Waals surface area contributed by atoms with Crippen molar-refractivity contribution in [2.75, 3.05) is 50.5 Å². The molecule has 1 unspecified atom stereocenters. The van der Waals surface area contributed by atoms with E-state index in [2.05, 4.69) is 27.0 Å². The molecule has 0 aliphatic carbocycles. The zero-order chi connectivity index (χ0) is 20.3. The molecule has 1 aliphatic rings. The molecule has 28 heavy (non-hydrogen) atoms. The second-order valence-electron chi connectivity index (χ2n) is 7.14. The summed E-state index contributed by atoms with van der Waals surface area (Å²) in [5, 5.41) is 14.1. The van der Waals surface area contributed by atoms with Crippen molar-refractivity contribution < 1.29 is 9.84 Å². The normalized spacial score (nSPS) is 16.2. The van der Waals surface area contributed by atoms with Crippen LogP contribution in [0.3, 0.4) is 0 Å². The van der Waals surface area contributed by atoms with Crippen molar-refractivity contribution in [2.24, 2.45) is 0 Å². The Morgan fingerprint density at radius 2 is 1.82 bits per heavy atom. The fourth-order valence-electron chi connectivity index (χ4n) is 3.67.